The van der Waals surface area contributed by atoms with Crippen LogP contribution >= 0.6 is 0 Å². The van der Waals surface area contributed by atoms with E-state index in [9.17, 15) is 5.11 Å². The van der Waals surface area contributed by atoms with Crippen molar-refractivity contribution in [1.82, 2.24) is 0 Å². The monoisotopic (exact) mass is 179 g/mol. The van der Waals surface area contributed by atoms with E-state index < -0.39 is 6.10 Å². The van der Waals surface area contributed by atoms with Gasteiger partial charge in [-0.25, -0.2) is 0 Å². The van der Waals surface area contributed by atoms with Gasteiger partial charge in [0.1, 0.15) is 0 Å². The molecule has 0 spiro atoms. The van der Waals surface area contributed by atoms with Gasteiger partial charge in [-0.05, 0) is 11.5 Å². The van der Waals surface area contributed by atoms with Gasteiger partial charge in [0.05, 0.1) is 6.10 Å². The van der Waals surface area contributed by atoms with Crippen LogP contribution in [0.5, 0.6) is 0 Å². The second kappa shape index (κ2) is 4.40. The number of nitrogens with two attached hydrogens (primary N) is 1. The van der Waals surface area contributed by atoms with E-state index in [0.717, 1.165) is 5.56 Å². The first-order valence-electron chi connectivity index (χ1n) is 4.61. The molecule has 2 atom stereocenters. The Hall–Kier alpha value is -0.860. The molecule has 1 aromatic rings. The van der Waals surface area contributed by atoms with Crippen molar-refractivity contribution in [1.29, 1.82) is 0 Å². The fourth-order valence-electron chi connectivity index (χ4n) is 1.24. The Balaban J connectivity index is 2.73. The van der Waals surface area contributed by atoms with Gasteiger partial charge >= 0.3 is 0 Å². The van der Waals surface area contributed by atoms with Crippen LogP contribution in [-0.2, 0) is 0 Å². The molecule has 72 valence electrons. The Labute approximate surface area is 79.4 Å². The topological polar surface area (TPSA) is 46.2 Å². The normalized spacial score (nSPS) is 15.8. The van der Waals surface area contributed by atoms with Crippen LogP contribution in [-0.4, -0.2) is 11.1 Å². The standard InChI is InChI=1S/C11H17NO/c1-8(2)10(12)11(13)9-6-4-3-5-7-9/h3-8,10-11,13H,12H2,1-2H3/t10-,11-/m0/s1. The maximum Gasteiger partial charge on any atom is 0.0943 e. The average molecular weight is 179 g/mol. The van der Waals surface area contributed by atoms with E-state index in [-0.39, 0.29) is 12.0 Å². The summed E-state index contributed by atoms with van der Waals surface area (Å²) < 4.78 is 0. The van der Waals surface area contributed by atoms with Gasteiger partial charge in [-0.3, -0.25) is 0 Å². The van der Waals surface area contributed by atoms with Gasteiger partial charge in [0.15, 0.2) is 0 Å². The molecule has 0 amide bonds. The minimum Gasteiger partial charge on any atom is -0.387 e. The van der Waals surface area contributed by atoms with Gasteiger partial charge in [-0.15, -0.1) is 0 Å². The van der Waals surface area contributed by atoms with E-state index in [2.05, 4.69) is 0 Å². The summed E-state index contributed by atoms with van der Waals surface area (Å²) in [6.45, 7) is 4.02. The van der Waals surface area contributed by atoms with Gasteiger partial charge in [0.25, 0.3) is 0 Å². The van der Waals surface area contributed by atoms with Crippen molar-refractivity contribution in [3.8, 4) is 0 Å². The summed E-state index contributed by atoms with van der Waals surface area (Å²) in [7, 11) is 0. The summed E-state index contributed by atoms with van der Waals surface area (Å²) >= 11 is 0. The van der Waals surface area contributed by atoms with Crippen molar-refractivity contribution in [3.05, 3.63) is 35.9 Å². The zero-order chi connectivity index (χ0) is 9.84. The molecule has 1 aromatic carbocycles. The quantitative estimate of drug-likeness (QED) is 0.742. The van der Waals surface area contributed by atoms with Crippen LogP contribution in [0.2, 0.25) is 0 Å². The summed E-state index contributed by atoms with van der Waals surface area (Å²) in [5.41, 5.74) is 6.73. The van der Waals surface area contributed by atoms with Gasteiger partial charge < -0.3 is 10.8 Å². The molecule has 1 rings (SSSR count). The first kappa shape index (κ1) is 10.2. The molecule has 2 nitrogen and oxygen atoms in total. The van der Waals surface area contributed by atoms with Crippen LogP contribution in [0, 0.1) is 5.92 Å². The first-order valence-corrected chi connectivity index (χ1v) is 4.61. The number of aliphatic hydroxyl groups excluding tert-OH is 1. The second-order valence-electron chi connectivity index (χ2n) is 3.68. The van der Waals surface area contributed by atoms with Crippen LogP contribution in [0.4, 0.5) is 0 Å². The van der Waals surface area contributed by atoms with Gasteiger partial charge in [0.2, 0.25) is 0 Å². The highest BCUT2D eigenvalue weighted by atomic mass is 16.3. The van der Waals surface area contributed by atoms with Crippen LogP contribution in [0.1, 0.15) is 25.5 Å². The molecule has 0 aliphatic carbocycles. The number of aliphatic hydroxyl groups is 1. The minimum absolute atomic E-state index is 0.192. The first-order chi connectivity index (χ1) is 6.13. The third-order valence-electron chi connectivity index (χ3n) is 2.28. The maximum atomic E-state index is 9.83. The molecule has 0 radical (unpaired) electrons. The van der Waals surface area contributed by atoms with Crippen molar-refractivity contribution in [2.75, 3.05) is 0 Å². The van der Waals surface area contributed by atoms with Crippen molar-refractivity contribution < 1.29 is 5.11 Å². The van der Waals surface area contributed by atoms with Gasteiger partial charge in [-0.2, -0.15) is 0 Å². The molecule has 0 fully saturated rings. The SMILES string of the molecule is CC(C)[C@H](N)[C@@H](O)c1ccccc1. The minimum atomic E-state index is -0.554. The van der Waals surface area contributed by atoms with Crippen molar-refractivity contribution in [2.24, 2.45) is 11.7 Å². The van der Waals surface area contributed by atoms with Crippen LogP contribution in [0.15, 0.2) is 30.3 Å². The highest BCUT2D eigenvalue weighted by Gasteiger charge is 2.19. The van der Waals surface area contributed by atoms with Gasteiger partial charge in [0, 0.05) is 6.04 Å². The molecule has 0 saturated heterocycles. The van der Waals surface area contributed by atoms with Crippen LogP contribution in [0.25, 0.3) is 0 Å². The average Bonchev–Trinajstić information content (AvgIpc) is 2.17. The number of hydrogen-bond acceptors (Lipinski definition) is 2. The third-order valence-corrected chi connectivity index (χ3v) is 2.28. The molecule has 0 aliphatic rings. The second-order valence-corrected chi connectivity index (χ2v) is 3.68. The highest BCUT2D eigenvalue weighted by molar-refractivity contribution is 5.18. The smallest absolute Gasteiger partial charge is 0.0943 e. The Morgan fingerprint density at radius 1 is 1.15 bits per heavy atom. The lowest BCUT2D eigenvalue weighted by atomic mass is 9.94. The largest absolute Gasteiger partial charge is 0.387 e. The van der Waals surface area contributed by atoms with Crippen molar-refractivity contribution >= 4 is 0 Å². The lowest BCUT2D eigenvalue weighted by Gasteiger charge is -2.22. The molecular weight excluding hydrogens is 162 g/mol. The van der Waals surface area contributed by atoms with E-state index >= 15 is 0 Å². The molecule has 0 heterocycles. The predicted molar refractivity (Wildman–Crippen MR) is 54.2 cm³/mol. The highest BCUT2D eigenvalue weighted by Crippen LogP contribution is 2.19. The Morgan fingerprint density at radius 3 is 2.15 bits per heavy atom. The summed E-state index contributed by atoms with van der Waals surface area (Å²) in [6, 6.07) is 9.34. The molecule has 0 unspecified atom stereocenters. The molecule has 2 heteroatoms. The molecule has 3 N–H and O–H groups in total. The number of benzene rings is 1. The fourth-order valence-corrected chi connectivity index (χ4v) is 1.24. The molecule has 0 saturated carbocycles. The zero-order valence-corrected chi connectivity index (χ0v) is 8.14. The van der Waals surface area contributed by atoms with Crippen molar-refractivity contribution in [3.63, 3.8) is 0 Å². The lowest BCUT2D eigenvalue weighted by Crippen LogP contribution is -2.33. The Kier molecular flexibility index (Phi) is 3.46. The zero-order valence-electron chi connectivity index (χ0n) is 8.14. The molecule has 0 aliphatic heterocycles. The summed E-state index contributed by atoms with van der Waals surface area (Å²) in [6.07, 6.45) is -0.554. The molecular formula is C11H17NO. The maximum absolute atomic E-state index is 9.83. The Bertz CT molecular complexity index is 246. The van der Waals surface area contributed by atoms with E-state index in [1.54, 1.807) is 0 Å². The Morgan fingerprint density at radius 2 is 1.69 bits per heavy atom. The summed E-state index contributed by atoms with van der Waals surface area (Å²) in [5.74, 6) is 0.287. The lowest BCUT2D eigenvalue weighted by molar-refractivity contribution is 0.126. The van der Waals surface area contributed by atoms with Crippen LogP contribution < -0.4 is 5.73 Å². The molecule has 0 bridgehead atoms. The number of rotatable bonds is 3. The van der Waals surface area contributed by atoms with E-state index in [1.807, 2.05) is 44.2 Å². The van der Waals surface area contributed by atoms with E-state index in [1.165, 1.54) is 0 Å². The van der Waals surface area contributed by atoms with E-state index in [0.29, 0.717) is 0 Å². The van der Waals surface area contributed by atoms with Gasteiger partial charge in [-0.1, -0.05) is 44.2 Å². The number of hydrogen-bond donors (Lipinski definition) is 2. The van der Waals surface area contributed by atoms with Crippen LogP contribution in [0.3, 0.4) is 0 Å². The summed E-state index contributed by atoms with van der Waals surface area (Å²) in [4.78, 5) is 0. The molecule has 13 heavy (non-hydrogen) atoms. The predicted octanol–water partition coefficient (Wildman–Crippen LogP) is 1.70. The molecule has 0 aromatic heterocycles. The van der Waals surface area contributed by atoms with E-state index in [4.69, 9.17) is 5.73 Å². The fraction of sp³-hybridized carbons (Fsp3) is 0.455. The third kappa shape index (κ3) is 2.54. The summed E-state index contributed by atoms with van der Waals surface area (Å²) in [5, 5.41) is 9.83. The van der Waals surface area contributed by atoms with Crippen molar-refractivity contribution in [2.45, 2.75) is 26.0 Å².